The van der Waals surface area contributed by atoms with Crippen molar-refractivity contribution in [2.45, 2.75) is 38.1 Å². The van der Waals surface area contributed by atoms with E-state index in [1.807, 2.05) is 30.1 Å². The summed E-state index contributed by atoms with van der Waals surface area (Å²) in [6, 6.07) is 12.8. The van der Waals surface area contributed by atoms with Crippen molar-refractivity contribution in [1.82, 2.24) is 9.88 Å². The van der Waals surface area contributed by atoms with Gasteiger partial charge in [0, 0.05) is 48.4 Å². The quantitative estimate of drug-likeness (QED) is 0.718. The molecule has 0 amide bonds. The molecule has 1 aromatic heterocycles. The highest BCUT2D eigenvalue weighted by atomic mass is 32.2. The summed E-state index contributed by atoms with van der Waals surface area (Å²) in [4.78, 5) is 14.5. The summed E-state index contributed by atoms with van der Waals surface area (Å²) in [5.41, 5.74) is 3.39. The molecule has 4 rings (SSSR count). The Balaban J connectivity index is 1.77. The molecule has 148 valence electrons. The maximum Gasteiger partial charge on any atom is 0.160 e. The average molecular weight is 397 g/mol. The van der Waals surface area contributed by atoms with E-state index < -0.39 is 0 Å². The Bertz CT molecular complexity index is 853. The second kappa shape index (κ2) is 8.03. The third-order valence-electron chi connectivity index (χ3n) is 5.55. The molecule has 2 aromatic rings. The van der Waals surface area contributed by atoms with Gasteiger partial charge >= 0.3 is 0 Å². The Morgan fingerprint density at radius 3 is 2.71 bits per heavy atom. The number of hydrogen-bond acceptors (Lipinski definition) is 6. The van der Waals surface area contributed by atoms with Crippen LogP contribution in [-0.4, -0.2) is 47.0 Å². The highest BCUT2D eigenvalue weighted by Gasteiger charge is 2.44. The molecule has 3 atom stereocenters. The van der Waals surface area contributed by atoms with Gasteiger partial charge in [0.15, 0.2) is 5.17 Å². The Labute approximate surface area is 171 Å². The van der Waals surface area contributed by atoms with Gasteiger partial charge in [0.25, 0.3) is 0 Å². The van der Waals surface area contributed by atoms with Crippen molar-refractivity contribution in [3.63, 3.8) is 0 Å². The fourth-order valence-electron chi connectivity index (χ4n) is 4.18. The number of anilines is 1. The summed E-state index contributed by atoms with van der Waals surface area (Å²) >= 11 is 1.86. The minimum absolute atomic E-state index is 0.00981. The number of thioether (sulfide) groups is 1. The maximum atomic E-state index is 5.87. The van der Waals surface area contributed by atoms with Crippen LogP contribution < -0.4 is 9.64 Å². The molecule has 2 aliphatic rings. The van der Waals surface area contributed by atoms with Gasteiger partial charge in [-0.15, -0.1) is 0 Å². The minimum Gasteiger partial charge on any atom is -0.496 e. The number of benzene rings is 1. The zero-order valence-electron chi connectivity index (χ0n) is 17.0. The second-order valence-corrected chi connectivity index (χ2v) is 8.64. The Kier molecular flexibility index (Phi) is 5.49. The number of pyridine rings is 1. The summed E-state index contributed by atoms with van der Waals surface area (Å²) < 4.78 is 5.87. The van der Waals surface area contributed by atoms with Crippen LogP contribution in [0.5, 0.6) is 5.75 Å². The highest BCUT2D eigenvalue weighted by Crippen LogP contribution is 2.49. The Morgan fingerprint density at radius 1 is 1.21 bits per heavy atom. The van der Waals surface area contributed by atoms with Crippen molar-refractivity contribution < 1.29 is 4.74 Å². The van der Waals surface area contributed by atoms with E-state index in [0.29, 0.717) is 5.25 Å². The standard InChI is InChI=1S/C22H28N4OS/c1-5-25(6-2)16-10-11-17(19(13-16)27-4)21-20(18-9-7-8-12-23-18)24-22-26(21)14-15(3)28-22/h7-13,15,20-21H,5-6,14H2,1-4H3/t15-,20-,21-/m1/s1. The molecule has 3 heterocycles. The van der Waals surface area contributed by atoms with Crippen LogP contribution in [0.3, 0.4) is 0 Å². The van der Waals surface area contributed by atoms with E-state index in [4.69, 9.17) is 9.73 Å². The fourth-order valence-corrected chi connectivity index (χ4v) is 5.28. The molecule has 5 nitrogen and oxygen atoms in total. The van der Waals surface area contributed by atoms with Crippen LogP contribution in [0.25, 0.3) is 0 Å². The molecule has 0 N–H and O–H groups in total. The van der Waals surface area contributed by atoms with E-state index in [-0.39, 0.29) is 12.1 Å². The first-order valence-electron chi connectivity index (χ1n) is 10.0. The fraction of sp³-hybridized carbons (Fsp3) is 0.455. The third kappa shape index (κ3) is 3.34. The summed E-state index contributed by atoms with van der Waals surface area (Å²) in [7, 11) is 1.76. The first kappa shape index (κ1) is 19.1. The number of hydrogen-bond donors (Lipinski definition) is 0. The molecular formula is C22H28N4OS. The lowest BCUT2D eigenvalue weighted by Gasteiger charge is -2.30. The second-order valence-electron chi connectivity index (χ2n) is 7.24. The van der Waals surface area contributed by atoms with E-state index in [9.17, 15) is 0 Å². The van der Waals surface area contributed by atoms with Crippen LogP contribution in [0.4, 0.5) is 5.69 Å². The molecular weight excluding hydrogens is 368 g/mol. The lowest BCUT2D eigenvalue weighted by molar-refractivity contribution is 0.307. The third-order valence-corrected chi connectivity index (χ3v) is 6.65. The van der Waals surface area contributed by atoms with E-state index in [1.54, 1.807) is 7.11 Å². The Hall–Kier alpha value is -2.21. The molecule has 1 aromatic carbocycles. The van der Waals surface area contributed by atoms with Gasteiger partial charge in [0.2, 0.25) is 0 Å². The van der Waals surface area contributed by atoms with Gasteiger partial charge < -0.3 is 14.5 Å². The van der Waals surface area contributed by atoms with Gasteiger partial charge in [0.05, 0.1) is 18.8 Å². The predicted molar refractivity (Wildman–Crippen MR) is 117 cm³/mol. The van der Waals surface area contributed by atoms with Crippen molar-refractivity contribution in [1.29, 1.82) is 0 Å². The van der Waals surface area contributed by atoms with Crippen LogP contribution >= 0.6 is 11.8 Å². The van der Waals surface area contributed by atoms with Crippen LogP contribution in [0.15, 0.2) is 47.6 Å². The molecule has 6 heteroatoms. The molecule has 1 fully saturated rings. The van der Waals surface area contributed by atoms with Gasteiger partial charge in [-0.25, -0.2) is 0 Å². The van der Waals surface area contributed by atoms with Gasteiger partial charge in [-0.1, -0.05) is 30.8 Å². The first-order valence-corrected chi connectivity index (χ1v) is 10.9. The number of aliphatic imine (C=N–C) groups is 1. The summed E-state index contributed by atoms with van der Waals surface area (Å²) in [5, 5.41) is 1.68. The SMILES string of the molecule is CCN(CC)c1ccc([C@@H]2[C@@H](c3ccccn3)N=C3S[C@H](C)CN32)c(OC)c1. The summed E-state index contributed by atoms with van der Waals surface area (Å²) in [6.45, 7) is 9.58. The van der Waals surface area contributed by atoms with Crippen LogP contribution in [-0.2, 0) is 0 Å². The largest absolute Gasteiger partial charge is 0.496 e. The molecule has 1 saturated heterocycles. The smallest absolute Gasteiger partial charge is 0.160 e. The summed E-state index contributed by atoms with van der Waals surface area (Å²) in [5.74, 6) is 0.927. The van der Waals surface area contributed by atoms with Gasteiger partial charge in [-0.2, -0.15) is 0 Å². The number of ether oxygens (including phenoxy) is 1. The molecule has 2 aliphatic heterocycles. The zero-order valence-corrected chi connectivity index (χ0v) is 17.8. The van der Waals surface area contributed by atoms with Crippen molar-refractivity contribution in [3.05, 3.63) is 53.9 Å². The topological polar surface area (TPSA) is 41.0 Å². The van der Waals surface area contributed by atoms with E-state index in [1.165, 1.54) is 11.3 Å². The van der Waals surface area contributed by atoms with E-state index in [0.717, 1.165) is 36.2 Å². The normalized spacial score (nSPS) is 23.5. The number of amidine groups is 1. The molecule has 0 unspecified atom stereocenters. The van der Waals surface area contributed by atoms with Gasteiger partial charge in [0.1, 0.15) is 11.8 Å². The Morgan fingerprint density at radius 2 is 2.04 bits per heavy atom. The first-order chi connectivity index (χ1) is 13.7. The molecule has 0 saturated carbocycles. The molecule has 28 heavy (non-hydrogen) atoms. The molecule has 0 bridgehead atoms. The van der Waals surface area contributed by atoms with Crippen molar-refractivity contribution in [3.8, 4) is 5.75 Å². The lowest BCUT2D eigenvalue weighted by atomic mass is 9.95. The molecule has 0 radical (unpaired) electrons. The summed E-state index contributed by atoms with van der Waals surface area (Å²) in [6.07, 6.45) is 1.85. The monoisotopic (exact) mass is 396 g/mol. The van der Waals surface area contributed by atoms with Crippen LogP contribution in [0, 0.1) is 0 Å². The number of fused-ring (bicyclic) bond motifs is 1. The number of nitrogens with zero attached hydrogens (tertiary/aromatic N) is 4. The van der Waals surface area contributed by atoms with Crippen LogP contribution in [0.2, 0.25) is 0 Å². The van der Waals surface area contributed by atoms with Crippen molar-refractivity contribution in [2.24, 2.45) is 4.99 Å². The molecule has 0 spiro atoms. The average Bonchev–Trinajstić information content (AvgIpc) is 3.25. The van der Waals surface area contributed by atoms with E-state index >= 15 is 0 Å². The van der Waals surface area contributed by atoms with Gasteiger partial charge in [-0.05, 0) is 32.0 Å². The van der Waals surface area contributed by atoms with Crippen molar-refractivity contribution in [2.75, 3.05) is 31.6 Å². The number of aromatic nitrogens is 1. The van der Waals surface area contributed by atoms with Crippen molar-refractivity contribution >= 4 is 22.6 Å². The van der Waals surface area contributed by atoms with Crippen LogP contribution in [0.1, 0.15) is 44.1 Å². The molecule has 0 aliphatic carbocycles. The zero-order chi connectivity index (χ0) is 19.7. The van der Waals surface area contributed by atoms with Gasteiger partial charge in [-0.3, -0.25) is 9.98 Å². The van der Waals surface area contributed by atoms with E-state index in [2.05, 4.69) is 59.8 Å². The predicted octanol–water partition coefficient (Wildman–Crippen LogP) is 4.53. The highest BCUT2D eigenvalue weighted by molar-refractivity contribution is 8.14. The lowest BCUT2D eigenvalue weighted by Crippen LogP contribution is -2.29. The minimum atomic E-state index is -0.00981. The number of rotatable bonds is 6. The maximum absolute atomic E-state index is 5.87. The number of methoxy groups -OCH3 is 1.